The van der Waals surface area contributed by atoms with E-state index in [4.69, 9.17) is 13.7 Å². The van der Waals surface area contributed by atoms with E-state index in [2.05, 4.69) is 20.4 Å². The van der Waals surface area contributed by atoms with Crippen molar-refractivity contribution in [2.75, 3.05) is 6.61 Å². The summed E-state index contributed by atoms with van der Waals surface area (Å²) in [6.07, 6.45) is 3.48. The largest absolute Gasteiger partial charge is 0.491 e. The van der Waals surface area contributed by atoms with E-state index in [-0.39, 0.29) is 17.7 Å². The minimum absolute atomic E-state index is 0.217. The van der Waals surface area contributed by atoms with Gasteiger partial charge in [0.05, 0.1) is 11.7 Å². The Morgan fingerprint density at radius 3 is 2.96 bits per heavy atom. The zero-order chi connectivity index (χ0) is 17.7. The normalized spacial score (nSPS) is 18.4. The number of aromatic nitrogens is 3. The first-order valence-corrected chi connectivity index (χ1v) is 8.50. The SMILES string of the molecule is Cc1ncoc1C(=O)NC1COc2cc(-c3noc(C4CC4)n3)ccc21. The molecule has 1 unspecified atom stereocenters. The number of benzene rings is 1. The molecule has 1 aliphatic carbocycles. The van der Waals surface area contributed by atoms with Gasteiger partial charge < -0.3 is 19.0 Å². The van der Waals surface area contributed by atoms with Gasteiger partial charge in [0.15, 0.2) is 6.39 Å². The van der Waals surface area contributed by atoms with Crippen molar-refractivity contribution in [1.82, 2.24) is 20.4 Å². The summed E-state index contributed by atoms with van der Waals surface area (Å²) in [6.45, 7) is 2.09. The Balaban J connectivity index is 1.36. The fraction of sp³-hybridized carbons (Fsp3) is 0.333. The van der Waals surface area contributed by atoms with Crippen LogP contribution in [-0.4, -0.2) is 27.6 Å². The summed E-state index contributed by atoms with van der Waals surface area (Å²) in [5.74, 6) is 2.30. The molecule has 3 aromatic rings. The Hall–Kier alpha value is -3.16. The molecule has 5 rings (SSSR count). The number of amides is 1. The first-order chi connectivity index (χ1) is 12.7. The summed E-state index contributed by atoms with van der Waals surface area (Å²) in [4.78, 5) is 20.7. The molecule has 0 bridgehead atoms. The van der Waals surface area contributed by atoms with E-state index in [1.165, 1.54) is 6.39 Å². The van der Waals surface area contributed by atoms with E-state index in [1.54, 1.807) is 6.92 Å². The van der Waals surface area contributed by atoms with Crippen LogP contribution in [-0.2, 0) is 0 Å². The third kappa shape index (κ3) is 2.54. The quantitative estimate of drug-likeness (QED) is 0.770. The molecule has 1 atom stereocenters. The molecular weight excluding hydrogens is 336 g/mol. The zero-order valence-electron chi connectivity index (χ0n) is 14.1. The second kappa shape index (κ2) is 5.69. The van der Waals surface area contributed by atoms with E-state index in [1.807, 2.05) is 18.2 Å². The molecular formula is C18H16N4O4. The Bertz CT molecular complexity index is 989. The van der Waals surface area contributed by atoms with Crippen molar-refractivity contribution in [2.45, 2.75) is 31.7 Å². The van der Waals surface area contributed by atoms with Crippen LogP contribution in [0.2, 0.25) is 0 Å². The number of hydrogen-bond donors (Lipinski definition) is 1. The van der Waals surface area contributed by atoms with Crippen LogP contribution in [0.25, 0.3) is 11.4 Å². The molecule has 2 aliphatic rings. The summed E-state index contributed by atoms with van der Waals surface area (Å²) < 4.78 is 16.2. The molecule has 8 heteroatoms. The molecule has 8 nitrogen and oxygen atoms in total. The highest BCUT2D eigenvalue weighted by atomic mass is 16.5. The molecule has 1 amide bonds. The van der Waals surface area contributed by atoms with Crippen LogP contribution in [0.5, 0.6) is 5.75 Å². The smallest absolute Gasteiger partial charge is 0.289 e. The van der Waals surface area contributed by atoms with Gasteiger partial charge in [-0.3, -0.25) is 4.79 Å². The van der Waals surface area contributed by atoms with Crippen molar-refractivity contribution < 1.29 is 18.5 Å². The Morgan fingerprint density at radius 2 is 2.19 bits per heavy atom. The standard InChI is InChI=1S/C18H16N4O4/c1-9-15(25-8-19-9)17(23)20-13-7-24-14-6-11(4-5-12(13)14)16-21-18(26-22-16)10-2-3-10/h4-6,8,10,13H,2-3,7H2,1H3,(H,20,23). The van der Waals surface area contributed by atoms with Crippen LogP contribution < -0.4 is 10.1 Å². The lowest BCUT2D eigenvalue weighted by Crippen LogP contribution is -2.29. The number of carbonyl (C=O) groups is 1. The highest BCUT2D eigenvalue weighted by Gasteiger charge is 2.31. The Labute approximate surface area is 148 Å². The number of aryl methyl sites for hydroxylation is 1. The zero-order valence-corrected chi connectivity index (χ0v) is 14.1. The topological polar surface area (TPSA) is 103 Å². The average molecular weight is 352 g/mol. The molecule has 3 heterocycles. The fourth-order valence-corrected chi connectivity index (χ4v) is 3.06. The van der Waals surface area contributed by atoms with Crippen LogP contribution in [0, 0.1) is 6.92 Å². The lowest BCUT2D eigenvalue weighted by Gasteiger charge is -2.10. The van der Waals surface area contributed by atoms with E-state index >= 15 is 0 Å². The molecule has 1 N–H and O–H groups in total. The van der Waals surface area contributed by atoms with Gasteiger partial charge in [-0.25, -0.2) is 4.98 Å². The van der Waals surface area contributed by atoms with E-state index in [9.17, 15) is 4.79 Å². The van der Waals surface area contributed by atoms with E-state index in [0.717, 1.165) is 24.0 Å². The van der Waals surface area contributed by atoms with Gasteiger partial charge in [0.25, 0.3) is 5.91 Å². The predicted octanol–water partition coefficient (Wildman–Crippen LogP) is 2.77. The average Bonchev–Trinajstić information content (AvgIpc) is 3.05. The van der Waals surface area contributed by atoms with Gasteiger partial charge in [-0.15, -0.1) is 0 Å². The minimum Gasteiger partial charge on any atom is -0.491 e. The first kappa shape index (κ1) is 15.1. The molecule has 1 fully saturated rings. The van der Waals surface area contributed by atoms with E-state index < -0.39 is 0 Å². The summed E-state index contributed by atoms with van der Waals surface area (Å²) in [5.41, 5.74) is 2.29. The summed E-state index contributed by atoms with van der Waals surface area (Å²) in [5, 5.41) is 6.97. The number of oxazole rings is 1. The number of nitrogens with zero attached hydrogens (tertiary/aromatic N) is 3. The maximum absolute atomic E-state index is 12.3. The third-order valence-corrected chi connectivity index (χ3v) is 4.68. The predicted molar refractivity (Wildman–Crippen MR) is 88.7 cm³/mol. The summed E-state index contributed by atoms with van der Waals surface area (Å²) in [7, 11) is 0. The fourth-order valence-electron chi connectivity index (χ4n) is 3.06. The number of fused-ring (bicyclic) bond motifs is 1. The van der Waals surface area contributed by atoms with Crippen molar-refractivity contribution in [3.05, 3.63) is 47.5 Å². The molecule has 1 aromatic carbocycles. The van der Waals surface area contributed by atoms with Gasteiger partial charge in [0.1, 0.15) is 12.4 Å². The second-order valence-electron chi connectivity index (χ2n) is 6.59. The molecule has 1 saturated carbocycles. The van der Waals surface area contributed by atoms with Crippen molar-refractivity contribution in [3.8, 4) is 17.1 Å². The number of ether oxygens (including phenoxy) is 1. The highest BCUT2D eigenvalue weighted by Crippen LogP contribution is 2.40. The molecule has 0 radical (unpaired) electrons. The van der Waals surface area contributed by atoms with Gasteiger partial charge in [-0.1, -0.05) is 17.3 Å². The molecule has 0 spiro atoms. The minimum atomic E-state index is -0.308. The Kier molecular flexibility index (Phi) is 3.31. The molecule has 26 heavy (non-hydrogen) atoms. The van der Waals surface area contributed by atoms with Crippen molar-refractivity contribution in [1.29, 1.82) is 0 Å². The third-order valence-electron chi connectivity index (χ3n) is 4.68. The monoisotopic (exact) mass is 352 g/mol. The molecule has 0 saturated heterocycles. The van der Waals surface area contributed by atoms with Crippen molar-refractivity contribution in [2.24, 2.45) is 0 Å². The maximum Gasteiger partial charge on any atom is 0.289 e. The molecule has 2 aromatic heterocycles. The lowest BCUT2D eigenvalue weighted by atomic mass is 10.1. The number of nitrogens with one attached hydrogen (secondary N) is 1. The molecule has 1 aliphatic heterocycles. The van der Waals surface area contributed by atoms with Crippen LogP contribution in [0.4, 0.5) is 0 Å². The van der Waals surface area contributed by atoms with Gasteiger partial charge in [0.2, 0.25) is 17.5 Å². The first-order valence-electron chi connectivity index (χ1n) is 8.50. The number of hydrogen-bond acceptors (Lipinski definition) is 7. The molecule has 132 valence electrons. The maximum atomic E-state index is 12.3. The van der Waals surface area contributed by atoms with Crippen molar-refractivity contribution >= 4 is 5.91 Å². The van der Waals surface area contributed by atoms with Crippen LogP contribution in [0.1, 0.15) is 52.5 Å². The van der Waals surface area contributed by atoms with E-state index in [0.29, 0.717) is 35.7 Å². The number of rotatable bonds is 4. The van der Waals surface area contributed by atoms with Crippen molar-refractivity contribution in [3.63, 3.8) is 0 Å². The highest BCUT2D eigenvalue weighted by molar-refractivity contribution is 5.92. The summed E-state index contributed by atoms with van der Waals surface area (Å²) >= 11 is 0. The second-order valence-corrected chi connectivity index (χ2v) is 6.59. The number of carbonyl (C=O) groups excluding carboxylic acids is 1. The van der Waals surface area contributed by atoms with Gasteiger partial charge in [0, 0.05) is 17.0 Å². The van der Waals surface area contributed by atoms with Gasteiger partial charge in [-0.2, -0.15) is 4.98 Å². The van der Waals surface area contributed by atoms with Gasteiger partial charge in [-0.05, 0) is 25.8 Å². The van der Waals surface area contributed by atoms with Crippen LogP contribution >= 0.6 is 0 Å². The van der Waals surface area contributed by atoms with Crippen LogP contribution in [0.3, 0.4) is 0 Å². The van der Waals surface area contributed by atoms with Crippen LogP contribution in [0.15, 0.2) is 33.5 Å². The lowest BCUT2D eigenvalue weighted by molar-refractivity contribution is 0.0901. The summed E-state index contributed by atoms with van der Waals surface area (Å²) in [6, 6.07) is 5.46. The Morgan fingerprint density at radius 1 is 1.31 bits per heavy atom. The van der Waals surface area contributed by atoms with Gasteiger partial charge >= 0.3 is 0 Å².